The van der Waals surface area contributed by atoms with Crippen LogP contribution in [0.2, 0.25) is 0 Å². The fourth-order valence-electron chi connectivity index (χ4n) is 4.59. The van der Waals surface area contributed by atoms with E-state index in [1.165, 1.54) is 30.2 Å². The normalized spacial score (nSPS) is 11.4. The number of carbonyl (C=O) groups is 3. The van der Waals surface area contributed by atoms with E-state index in [1.54, 1.807) is 6.07 Å². The zero-order valence-electron chi connectivity index (χ0n) is 23.9. The van der Waals surface area contributed by atoms with Crippen LogP contribution in [0.4, 0.5) is 10.7 Å². The van der Waals surface area contributed by atoms with E-state index in [-0.39, 0.29) is 11.8 Å². The number of thiophene rings is 1. The van der Waals surface area contributed by atoms with Gasteiger partial charge in [0.2, 0.25) is 5.91 Å². The Morgan fingerprint density at radius 2 is 1.53 bits per heavy atom. The lowest BCUT2D eigenvalue weighted by molar-refractivity contribution is -0.115. The van der Waals surface area contributed by atoms with Gasteiger partial charge in [0, 0.05) is 27.1 Å². The molecule has 1 atom stereocenters. The molecule has 1 heterocycles. The Morgan fingerprint density at radius 3 is 2.26 bits per heavy atom. The van der Waals surface area contributed by atoms with Crippen LogP contribution in [0.1, 0.15) is 42.7 Å². The van der Waals surface area contributed by atoms with Gasteiger partial charge in [-0.05, 0) is 54.8 Å². The third kappa shape index (κ3) is 7.05. The fourth-order valence-corrected chi connectivity index (χ4v) is 6.63. The number of ether oxygens (including phenoxy) is 1. The van der Waals surface area contributed by atoms with E-state index in [2.05, 4.69) is 10.6 Å². The smallest absolute Gasteiger partial charge is 0.341 e. The van der Waals surface area contributed by atoms with Gasteiger partial charge in [-0.3, -0.25) is 9.59 Å². The minimum Gasteiger partial charge on any atom is -0.465 e. The quantitative estimate of drug-likeness (QED) is 0.130. The highest BCUT2D eigenvalue weighted by Gasteiger charge is 2.27. The van der Waals surface area contributed by atoms with Crippen LogP contribution in [-0.4, -0.2) is 24.9 Å². The SMILES string of the molecule is COC(=O)c1c(-c2ccc(C)cc2)csc1NC(=O)C(Sc1cccc(NC(=O)c2ccccc2C)c1)c1ccccc1. The summed E-state index contributed by atoms with van der Waals surface area (Å²) in [6.45, 7) is 3.90. The number of amides is 2. The molecule has 0 fully saturated rings. The lowest BCUT2D eigenvalue weighted by atomic mass is 10.0. The molecule has 0 bridgehead atoms. The summed E-state index contributed by atoms with van der Waals surface area (Å²) in [5.74, 6) is -1.00. The van der Waals surface area contributed by atoms with Gasteiger partial charge < -0.3 is 15.4 Å². The molecule has 1 unspecified atom stereocenters. The topological polar surface area (TPSA) is 84.5 Å². The number of nitrogens with one attached hydrogen (secondary N) is 2. The average molecular weight is 607 g/mol. The molecule has 5 aromatic rings. The van der Waals surface area contributed by atoms with Crippen LogP contribution in [0.15, 0.2) is 113 Å². The van der Waals surface area contributed by atoms with Crippen molar-refractivity contribution in [1.29, 1.82) is 0 Å². The summed E-state index contributed by atoms with van der Waals surface area (Å²) in [6.07, 6.45) is 0. The molecule has 0 aliphatic rings. The first-order valence-corrected chi connectivity index (χ1v) is 15.4. The molecule has 0 saturated heterocycles. The average Bonchev–Trinajstić information content (AvgIpc) is 3.43. The molecule has 0 aliphatic heterocycles. The Hall–Kier alpha value is -4.66. The highest BCUT2D eigenvalue weighted by Crippen LogP contribution is 2.40. The maximum atomic E-state index is 13.9. The van der Waals surface area contributed by atoms with Gasteiger partial charge in [0.15, 0.2) is 0 Å². The van der Waals surface area contributed by atoms with Crippen molar-refractivity contribution in [3.05, 3.63) is 136 Å². The van der Waals surface area contributed by atoms with E-state index in [4.69, 9.17) is 4.74 Å². The van der Waals surface area contributed by atoms with Gasteiger partial charge in [-0.1, -0.05) is 84.4 Å². The Balaban J connectivity index is 1.42. The predicted molar refractivity (Wildman–Crippen MR) is 175 cm³/mol. The standard InChI is InChI=1S/C35H30N2O4S2/c1-22-16-18-24(19-17-22)29-21-42-34(30(29)35(40)41-3)37-33(39)31(25-11-5-4-6-12-25)43-27-14-9-13-26(20-27)36-32(38)28-15-8-7-10-23(28)2/h4-21,31H,1-3H3,(H,36,38)(H,37,39). The number of rotatable bonds is 9. The van der Waals surface area contributed by atoms with Crippen LogP contribution in [-0.2, 0) is 9.53 Å². The molecule has 5 rings (SSSR count). The first kappa shape index (κ1) is 29.8. The van der Waals surface area contributed by atoms with Crippen molar-refractivity contribution < 1.29 is 19.1 Å². The number of benzene rings is 4. The number of methoxy groups -OCH3 is 1. The maximum absolute atomic E-state index is 13.9. The second-order valence-electron chi connectivity index (χ2n) is 9.91. The summed E-state index contributed by atoms with van der Waals surface area (Å²) in [4.78, 5) is 40.5. The first-order valence-electron chi connectivity index (χ1n) is 13.6. The number of hydrogen-bond acceptors (Lipinski definition) is 6. The minimum absolute atomic E-state index is 0.199. The number of aryl methyl sites for hydroxylation is 2. The van der Waals surface area contributed by atoms with Crippen molar-refractivity contribution in [3.8, 4) is 11.1 Å². The predicted octanol–water partition coefficient (Wildman–Crippen LogP) is 8.54. The second-order valence-corrected chi connectivity index (χ2v) is 12.0. The lowest BCUT2D eigenvalue weighted by Gasteiger charge is -2.18. The Kier molecular flexibility index (Phi) is 9.39. The number of hydrogen-bond donors (Lipinski definition) is 2. The van der Waals surface area contributed by atoms with E-state index < -0.39 is 11.2 Å². The molecule has 4 aromatic carbocycles. The summed E-state index contributed by atoms with van der Waals surface area (Å²) in [6, 6.07) is 32.1. The lowest BCUT2D eigenvalue weighted by Crippen LogP contribution is -2.20. The number of anilines is 2. The second kappa shape index (κ2) is 13.5. The van der Waals surface area contributed by atoms with E-state index in [1.807, 2.05) is 116 Å². The highest BCUT2D eigenvalue weighted by molar-refractivity contribution is 8.00. The monoisotopic (exact) mass is 606 g/mol. The fraction of sp³-hybridized carbons (Fsp3) is 0.114. The summed E-state index contributed by atoms with van der Waals surface area (Å²) in [7, 11) is 1.33. The van der Waals surface area contributed by atoms with Crippen molar-refractivity contribution in [2.24, 2.45) is 0 Å². The largest absolute Gasteiger partial charge is 0.465 e. The van der Waals surface area contributed by atoms with E-state index in [9.17, 15) is 14.4 Å². The minimum atomic E-state index is -0.640. The maximum Gasteiger partial charge on any atom is 0.341 e. The van der Waals surface area contributed by atoms with Gasteiger partial charge in [0.1, 0.15) is 15.8 Å². The molecule has 43 heavy (non-hydrogen) atoms. The molecule has 216 valence electrons. The zero-order valence-corrected chi connectivity index (χ0v) is 25.6. The Bertz CT molecular complexity index is 1760. The number of thioether (sulfide) groups is 1. The molecule has 1 aromatic heterocycles. The van der Waals surface area contributed by atoms with E-state index >= 15 is 0 Å². The third-order valence-corrected chi connectivity index (χ3v) is 9.00. The van der Waals surface area contributed by atoms with Crippen molar-refractivity contribution in [3.63, 3.8) is 0 Å². The van der Waals surface area contributed by atoms with Crippen molar-refractivity contribution in [2.75, 3.05) is 17.7 Å². The molecule has 0 radical (unpaired) electrons. The Morgan fingerprint density at radius 1 is 0.814 bits per heavy atom. The molecule has 8 heteroatoms. The van der Waals surface area contributed by atoms with Crippen LogP contribution >= 0.6 is 23.1 Å². The van der Waals surface area contributed by atoms with Crippen LogP contribution in [0.25, 0.3) is 11.1 Å². The van der Waals surface area contributed by atoms with Crippen LogP contribution < -0.4 is 10.6 Å². The van der Waals surface area contributed by atoms with Gasteiger partial charge in [-0.25, -0.2) is 4.79 Å². The zero-order chi connectivity index (χ0) is 30.3. The summed E-state index contributed by atoms with van der Waals surface area (Å²) < 4.78 is 5.10. The van der Waals surface area contributed by atoms with Gasteiger partial charge in [0.25, 0.3) is 5.91 Å². The van der Waals surface area contributed by atoms with Crippen LogP contribution in [0.3, 0.4) is 0 Å². The van der Waals surface area contributed by atoms with Gasteiger partial charge in [0.05, 0.1) is 7.11 Å². The molecule has 2 amide bonds. The molecule has 0 spiro atoms. The van der Waals surface area contributed by atoms with Gasteiger partial charge >= 0.3 is 5.97 Å². The van der Waals surface area contributed by atoms with Gasteiger partial charge in [-0.2, -0.15) is 0 Å². The van der Waals surface area contributed by atoms with Crippen molar-refractivity contribution >= 4 is 51.6 Å². The summed E-state index contributed by atoms with van der Waals surface area (Å²) in [5, 5.41) is 7.62. The van der Waals surface area contributed by atoms with Gasteiger partial charge in [-0.15, -0.1) is 23.1 Å². The van der Waals surface area contributed by atoms with E-state index in [0.717, 1.165) is 27.1 Å². The van der Waals surface area contributed by atoms with Crippen molar-refractivity contribution in [1.82, 2.24) is 0 Å². The first-order chi connectivity index (χ1) is 20.8. The number of carbonyl (C=O) groups excluding carboxylic acids is 3. The molecule has 6 nitrogen and oxygen atoms in total. The molecule has 0 aliphatic carbocycles. The molecular formula is C35H30N2O4S2. The van der Waals surface area contributed by atoms with E-state index in [0.29, 0.717) is 27.4 Å². The molecule has 0 saturated carbocycles. The third-order valence-electron chi connectivity index (χ3n) is 6.86. The Labute approximate surface area is 259 Å². The summed E-state index contributed by atoms with van der Waals surface area (Å²) >= 11 is 2.64. The molecular weight excluding hydrogens is 577 g/mol. The molecule has 2 N–H and O–H groups in total. The van der Waals surface area contributed by atoms with Crippen LogP contribution in [0.5, 0.6) is 0 Å². The van der Waals surface area contributed by atoms with Crippen LogP contribution in [0, 0.1) is 13.8 Å². The van der Waals surface area contributed by atoms with Crippen molar-refractivity contribution in [2.45, 2.75) is 24.0 Å². The highest BCUT2D eigenvalue weighted by atomic mass is 32.2. The number of esters is 1. The summed E-state index contributed by atoms with van der Waals surface area (Å²) in [5.41, 5.74) is 5.90.